The zero-order valence-corrected chi connectivity index (χ0v) is 12.6. The van der Waals surface area contributed by atoms with Crippen LogP contribution in [0.1, 0.15) is 23.7 Å². The second-order valence-electron chi connectivity index (χ2n) is 4.15. The largest absolute Gasteiger partial charge is 0.462 e. The Balaban J connectivity index is 1.97. The smallest absolute Gasteiger partial charge is 0.343 e. The first-order chi connectivity index (χ1) is 8.94. The van der Waals surface area contributed by atoms with E-state index in [0.29, 0.717) is 5.16 Å². The zero-order valence-electron chi connectivity index (χ0n) is 10.2. The number of hydrogen-bond donors (Lipinski definition) is 1. The van der Waals surface area contributed by atoms with Gasteiger partial charge in [-0.2, -0.15) is 0 Å². The molecule has 1 aliphatic carbocycles. The van der Waals surface area contributed by atoms with Crippen molar-refractivity contribution in [2.45, 2.75) is 22.8 Å². The van der Waals surface area contributed by atoms with Crippen molar-refractivity contribution in [2.75, 3.05) is 18.1 Å². The molecule has 0 saturated heterocycles. The van der Waals surface area contributed by atoms with E-state index in [1.54, 1.807) is 6.92 Å². The van der Waals surface area contributed by atoms with Crippen molar-refractivity contribution in [2.24, 2.45) is 5.92 Å². The third-order valence-electron chi connectivity index (χ3n) is 2.66. The lowest BCUT2D eigenvalue weighted by Crippen LogP contribution is -2.10. The number of rotatable bonds is 5. The molecular weight excluding hydrogens is 309 g/mol. The number of esters is 1. The number of alkyl halides is 2. The summed E-state index contributed by atoms with van der Waals surface area (Å²) in [5.41, 5.74) is 5.89. The molecule has 19 heavy (non-hydrogen) atoms. The molecule has 1 saturated carbocycles. The fraction of sp³-hybridized carbons (Fsp3) is 0.545. The summed E-state index contributed by atoms with van der Waals surface area (Å²) in [6, 6.07) is 0. The highest BCUT2D eigenvalue weighted by Gasteiger charge is 2.51. The van der Waals surface area contributed by atoms with Crippen LogP contribution in [0, 0.1) is 5.92 Å². The Morgan fingerprint density at radius 3 is 2.89 bits per heavy atom. The van der Waals surface area contributed by atoms with Crippen molar-refractivity contribution in [3.05, 3.63) is 11.8 Å². The van der Waals surface area contributed by atoms with E-state index in [1.165, 1.54) is 18.0 Å². The molecule has 5 nitrogen and oxygen atoms in total. The second-order valence-corrected chi connectivity index (χ2v) is 6.67. The lowest BCUT2D eigenvalue weighted by molar-refractivity contribution is 0.0526. The van der Waals surface area contributed by atoms with E-state index in [-0.39, 0.29) is 23.9 Å². The van der Waals surface area contributed by atoms with Crippen LogP contribution in [0.25, 0.3) is 0 Å². The van der Waals surface area contributed by atoms with Crippen LogP contribution in [0.4, 0.5) is 5.82 Å². The average molecular weight is 322 g/mol. The van der Waals surface area contributed by atoms with Crippen molar-refractivity contribution in [1.29, 1.82) is 0 Å². The summed E-state index contributed by atoms with van der Waals surface area (Å²) in [6.07, 6.45) is 2.16. The molecular formula is C11H13Cl2N3O2S. The van der Waals surface area contributed by atoms with Gasteiger partial charge in [0, 0.05) is 17.9 Å². The third kappa shape index (κ3) is 3.64. The summed E-state index contributed by atoms with van der Waals surface area (Å²) in [6.45, 7) is 2.00. The Morgan fingerprint density at radius 1 is 1.68 bits per heavy atom. The molecule has 0 amide bonds. The van der Waals surface area contributed by atoms with Gasteiger partial charge in [0.1, 0.15) is 15.7 Å². The molecule has 0 radical (unpaired) electrons. The first-order valence-corrected chi connectivity index (χ1v) is 7.48. The Labute approximate surface area is 125 Å². The number of anilines is 1. The maximum absolute atomic E-state index is 11.5. The van der Waals surface area contributed by atoms with Crippen LogP contribution in [-0.4, -0.2) is 32.6 Å². The van der Waals surface area contributed by atoms with Crippen molar-refractivity contribution < 1.29 is 9.53 Å². The van der Waals surface area contributed by atoms with Crippen LogP contribution in [-0.2, 0) is 4.74 Å². The quantitative estimate of drug-likeness (QED) is 0.388. The third-order valence-corrected chi connectivity index (χ3v) is 4.61. The van der Waals surface area contributed by atoms with Crippen LogP contribution in [0.2, 0.25) is 0 Å². The summed E-state index contributed by atoms with van der Waals surface area (Å²) in [5.74, 6) is 0.579. The van der Waals surface area contributed by atoms with E-state index in [0.717, 1.165) is 12.2 Å². The topological polar surface area (TPSA) is 78.1 Å². The lowest BCUT2D eigenvalue weighted by atomic mass is 10.3. The van der Waals surface area contributed by atoms with Gasteiger partial charge in [-0.25, -0.2) is 14.8 Å². The van der Waals surface area contributed by atoms with Gasteiger partial charge in [-0.05, 0) is 13.3 Å². The minimum Gasteiger partial charge on any atom is -0.462 e. The summed E-state index contributed by atoms with van der Waals surface area (Å²) in [5, 5.41) is 0.501. The predicted molar refractivity (Wildman–Crippen MR) is 75.7 cm³/mol. The van der Waals surface area contributed by atoms with E-state index in [9.17, 15) is 4.79 Å². The highest BCUT2D eigenvalue weighted by molar-refractivity contribution is 7.99. The number of nitrogens with two attached hydrogens (primary N) is 1. The van der Waals surface area contributed by atoms with Crippen LogP contribution in [0.5, 0.6) is 0 Å². The number of nitrogen functional groups attached to an aromatic ring is 1. The Morgan fingerprint density at radius 2 is 2.37 bits per heavy atom. The average Bonchev–Trinajstić information content (AvgIpc) is 2.95. The SMILES string of the molecule is CCOC(=O)c1cnc(SC[C@@H]2CC2(Cl)Cl)nc1N. The van der Waals surface area contributed by atoms with Gasteiger partial charge in [-0.1, -0.05) is 11.8 Å². The van der Waals surface area contributed by atoms with E-state index in [4.69, 9.17) is 33.7 Å². The van der Waals surface area contributed by atoms with Crippen molar-refractivity contribution >= 4 is 46.8 Å². The first-order valence-electron chi connectivity index (χ1n) is 5.74. The summed E-state index contributed by atoms with van der Waals surface area (Å²) < 4.78 is 4.24. The van der Waals surface area contributed by atoms with Crippen LogP contribution >= 0.6 is 35.0 Å². The predicted octanol–water partition coefficient (Wildman–Crippen LogP) is 2.52. The van der Waals surface area contributed by atoms with Crippen molar-refractivity contribution in [3.63, 3.8) is 0 Å². The summed E-state index contributed by atoms with van der Waals surface area (Å²) in [4.78, 5) is 19.7. The molecule has 8 heteroatoms. The molecule has 2 rings (SSSR count). The molecule has 0 spiro atoms. The number of nitrogens with zero attached hydrogens (tertiary/aromatic N) is 2. The summed E-state index contributed by atoms with van der Waals surface area (Å²) in [7, 11) is 0. The standard InChI is InChI=1S/C11H13Cl2N3O2S/c1-2-18-9(17)7-4-15-10(16-8(7)14)19-5-6-3-11(6,12)13/h4,6H,2-3,5H2,1H3,(H2,14,15,16)/t6-/m0/s1. The Hall–Kier alpha value is -0.720. The number of carbonyl (C=O) groups excluding carboxylic acids is 1. The molecule has 0 bridgehead atoms. The molecule has 0 aliphatic heterocycles. The monoisotopic (exact) mass is 321 g/mol. The molecule has 1 aliphatic rings. The first kappa shape index (κ1) is 14.7. The number of ether oxygens (including phenoxy) is 1. The molecule has 104 valence electrons. The highest BCUT2D eigenvalue weighted by Crippen LogP contribution is 2.54. The molecule has 1 aromatic rings. The van der Waals surface area contributed by atoms with Gasteiger partial charge in [-0.3, -0.25) is 0 Å². The highest BCUT2D eigenvalue weighted by atomic mass is 35.5. The fourth-order valence-electron chi connectivity index (χ4n) is 1.44. The number of aromatic nitrogens is 2. The van der Waals surface area contributed by atoms with E-state index < -0.39 is 10.3 Å². The minimum absolute atomic E-state index is 0.120. The molecule has 1 fully saturated rings. The normalized spacial score (nSPS) is 20.1. The van der Waals surface area contributed by atoms with E-state index in [1.807, 2.05) is 0 Å². The second kappa shape index (κ2) is 5.73. The van der Waals surface area contributed by atoms with E-state index >= 15 is 0 Å². The number of halogens is 2. The zero-order chi connectivity index (χ0) is 14.0. The van der Waals surface area contributed by atoms with Crippen LogP contribution in [0.15, 0.2) is 11.4 Å². The van der Waals surface area contributed by atoms with E-state index in [2.05, 4.69) is 9.97 Å². The summed E-state index contributed by atoms with van der Waals surface area (Å²) >= 11 is 13.3. The molecule has 1 aromatic heterocycles. The van der Waals surface area contributed by atoms with Gasteiger partial charge in [0.25, 0.3) is 0 Å². The van der Waals surface area contributed by atoms with Gasteiger partial charge in [0.05, 0.1) is 6.61 Å². The molecule has 0 aromatic carbocycles. The van der Waals surface area contributed by atoms with Gasteiger partial charge in [-0.15, -0.1) is 23.2 Å². The minimum atomic E-state index is -0.608. The number of thioether (sulfide) groups is 1. The maximum atomic E-state index is 11.5. The fourth-order valence-corrected chi connectivity index (χ4v) is 3.19. The van der Waals surface area contributed by atoms with Crippen LogP contribution in [0.3, 0.4) is 0 Å². The van der Waals surface area contributed by atoms with Gasteiger partial charge in [0.2, 0.25) is 0 Å². The molecule has 0 unspecified atom stereocenters. The van der Waals surface area contributed by atoms with Crippen LogP contribution < -0.4 is 5.73 Å². The van der Waals surface area contributed by atoms with Crippen molar-refractivity contribution in [3.8, 4) is 0 Å². The number of hydrogen-bond acceptors (Lipinski definition) is 6. The van der Waals surface area contributed by atoms with Gasteiger partial charge in [0.15, 0.2) is 5.16 Å². The lowest BCUT2D eigenvalue weighted by Gasteiger charge is -2.05. The Kier molecular flexibility index (Phi) is 4.43. The molecule has 1 atom stereocenters. The van der Waals surface area contributed by atoms with Gasteiger partial charge >= 0.3 is 5.97 Å². The number of carbonyl (C=O) groups is 1. The van der Waals surface area contributed by atoms with Crippen molar-refractivity contribution in [1.82, 2.24) is 9.97 Å². The molecule has 1 heterocycles. The van der Waals surface area contributed by atoms with Gasteiger partial charge < -0.3 is 10.5 Å². The molecule has 2 N–H and O–H groups in total. The maximum Gasteiger partial charge on any atom is 0.343 e. The Bertz CT molecular complexity index is 499.